The number of benzene rings is 2. The van der Waals surface area contributed by atoms with E-state index in [0.717, 1.165) is 45.7 Å². The highest BCUT2D eigenvalue weighted by Gasteiger charge is 2.26. The lowest BCUT2D eigenvalue weighted by Crippen LogP contribution is -2.53. The molecule has 3 heterocycles. The van der Waals surface area contributed by atoms with E-state index >= 15 is 0 Å². The molecule has 0 radical (unpaired) electrons. The summed E-state index contributed by atoms with van der Waals surface area (Å²) in [5, 5.41) is 1.30. The van der Waals surface area contributed by atoms with Crippen molar-refractivity contribution >= 4 is 16.8 Å². The molecular formula is C29H38N4O. The second kappa shape index (κ2) is 9.93. The van der Waals surface area contributed by atoms with Gasteiger partial charge in [0.15, 0.2) is 0 Å². The molecule has 3 aromatic rings. The summed E-state index contributed by atoms with van der Waals surface area (Å²) < 4.78 is 2.18. The number of aromatic nitrogens is 1. The molecule has 0 N–H and O–H groups in total. The summed E-state index contributed by atoms with van der Waals surface area (Å²) in [6.45, 7) is 10.7. The van der Waals surface area contributed by atoms with Gasteiger partial charge in [-0.1, -0.05) is 44.2 Å². The van der Waals surface area contributed by atoms with Crippen LogP contribution in [0.25, 0.3) is 22.0 Å². The molecule has 5 heteroatoms. The highest BCUT2D eigenvalue weighted by atomic mass is 16.2. The van der Waals surface area contributed by atoms with Crippen molar-refractivity contribution in [3.8, 4) is 11.1 Å². The average Bonchev–Trinajstić information content (AvgIpc) is 3.26. The quantitative estimate of drug-likeness (QED) is 0.544. The fourth-order valence-corrected chi connectivity index (χ4v) is 5.90. The lowest BCUT2D eigenvalue weighted by atomic mass is 9.93. The largest absolute Gasteiger partial charge is 0.351 e. The summed E-state index contributed by atoms with van der Waals surface area (Å²) in [6.07, 6.45) is 5.52. The number of rotatable bonds is 6. The van der Waals surface area contributed by atoms with Crippen LogP contribution in [0.4, 0.5) is 0 Å². The Morgan fingerprint density at radius 3 is 2.50 bits per heavy atom. The first-order valence-corrected chi connectivity index (χ1v) is 13.0. The molecule has 0 unspecified atom stereocenters. The molecule has 0 saturated carbocycles. The van der Waals surface area contributed by atoms with E-state index < -0.39 is 0 Å². The van der Waals surface area contributed by atoms with E-state index in [2.05, 4.69) is 88.8 Å². The fraction of sp³-hybridized carbons (Fsp3) is 0.483. The Bertz CT molecular complexity index is 1150. The second-order valence-electron chi connectivity index (χ2n) is 10.00. The average molecular weight is 459 g/mol. The van der Waals surface area contributed by atoms with Gasteiger partial charge in [-0.25, -0.2) is 0 Å². The molecule has 0 bridgehead atoms. The number of hydrogen-bond donors (Lipinski definition) is 0. The van der Waals surface area contributed by atoms with Crippen molar-refractivity contribution in [1.82, 2.24) is 19.3 Å². The van der Waals surface area contributed by atoms with E-state index in [4.69, 9.17) is 0 Å². The summed E-state index contributed by atoms with van der Waals surface area (Å²) in [5.41, 5.74) is 6.64. The van der Waals surface area contributed by atoms with Crippen LogP contribution in [-0.2, 0) is 24.8 Å². The van der Waals surface area contributed by atoms with Crippen molar-refractivity contribution in [3.63, 3.8) is 0 Å². The van der Waals surface area contributed by atoms with Crippen molar-refractivity contribution in [2.45, 2.75) is 45.7 Å². The zero-order chi connectivity index (χ0) is 23.7. The molecule has 1 fully saturated rings. The molecule has 1 saturated heterocycles. The third-order valence-corrected chi connectivity index (χ3v) is 8.02. The number of fused-ring (bicyclic) bond motifs is 2. The zero-order valence-corrected chi connectivity index (χ0v) is 21.0. The Morgan fingerprint density at radius 1 is 0.941 bits per heavy atom. The number of hydrogen-bond acceptors (Lipinski definition) is 3. The minimum absolute atomic E-state index is 0.292. The van der Waals surface area contributed by atoms with Crippen LogP contribution in [0.2, 0.25) is 0 Å². The maximum absolute atomic E-state index is 13.0. The summed E-state index contributed by atoms with van der Waals surface area (Å²) in [4.78, 5) is 20.0. The maximum Gasteiger partial charge on any atom is 0.236 e. The predicted molar refractivity (Wildman–Crippen MR) is 140 cm³/mol. The van der Waals surface area contributed by atoms with E-state index in [0.29, 0.717) is 18.5 Å². The van der Waals surface area contributed by atoms with Gasteiger partial charge >= 0.3 is 0 Å². The topological polar surface area (TPSA) is 31.7 Å². The van der Waals surface area contributed by atoms with Gasteiger partial charge in [-0.15, -0.1) is 0 Å². The normalized spacial score (nSPS) is 17.5. The number of carbonyl (C=O) groups excluding carboxylic acids is 1. The van der Waals surface area contributed by atoms with Gasteiger partial charge in [-0.2, -0.15) is 0 Å². The molecular weight excluding hydrogens is 420 g/mol. The molecule has 5 rings (SSSR count). The Morgan fingerprint density at radius 2 is 1.74 bits per heavy atom. The van der Waals surface area contributed by atoms with Crippen LogP contribution >= 0.6 is 0 Å². The molecule has 5 nitrogen and oxygen atoms in total. The van der Waals surface area contributed by atoms with Crippen molar-refractivity contribution in [2.24, 2.45) is 7.05 Å². The lowest BCUT2D eigenvalue weighted by molar-refractivity contribution is -0.134. The first kappa shape index (κ1) is 23.1. The van der Waals surface area contributed by atoms with Crippen molar-refractivity contribution in [3.05, 3.63) is 59.8 Å². The summed E-state index contributed by atoms with van der Waals surface area (Å²) in [6, 6.07) is 16.3. The van der Waals surface area contributed by atoms with Crippen LogP contribution in [0.1, 0.15) is 37.8 Å². The predicted octanol–water partition coefficient (Wildman–Crippen LogP) is 4.54. The number of piperazine rings is 1. The SMILES string of the molecule is CCC(CC)N1CCN(C(=O)CN2CCc3cc(-c4cccc5c4ccn5C)ccc3C2)CC1. The zero-order valence-electron chi connectivity index (χ0n) is 21.0. The summed E-state index contributed by atoms with van der Waals surface area (Å²) >= 11 is 0. The molecule has 1 amide bonds. The van der Waals surface area contributed by atoms with Crippen LogP contribution in [-0.4, -0.2) is 70.5 Å². The third kappa shape index (κ3) is 4.51. The van der Waals surface area contributed by atoms with Gasteiger partial charge < -0.3 is 9.47 Å². The van der Waals surface area contributed by atoms with Gasteiger partial charge in [0, 0.05) is 69.5 Å². The first-order chi connectivity index (χ1) is 16.6. The smallest absolute Gasteiger partial charge is 0.236 e. The molecule has 2 aliphatic rings. The molecule has 1 aromatic heterocycles. The Hall–Kier alpha value is -2.63. The van der Waals surface area contributed by atoms with Crippen LogP contribution in [0.5, 0.6) is 0 Å². The Balaban J connectivity index is 1.22. The highest BCUT2D eigenvalue weighted by Crippen LogP contribution is 2.32. The minimum Gasteiger partial charge on any atom is -0.351 e. The van der Waals surface area contributed by atoms with Crippen LogP contribution in [0.15, 0.2) is 48.7 Å². The monoisotopic (exact) mass is 458 g/mol. The molecule has 2 aliphatic heterocycles. The van der Waals surface area contributed by atoms with Crippen LogP contribution in [0, 0.1) is 0 Å². The van der Waals surface area contributed by atoms with Gasteiger partial charge in [-0.05, 0) is 53.6 Å². The molecule has 0 spiro atoms. The minimum atomic E-state index is 0.292. The molecule has 180 valence electrons. The molecule has 34 heavy (non-hydrogen) atoms. The van der Waals surface area contributed by atoms with Crippen LogP contribution in [0.3, 0.4) is 0 Å². The highest BCUT2D eigenvalue weighted by molar-refractivity contribution is 5.95. The Labute approximate surface area is 203 Å². The maximum atomic E-state index is 13.0. The molecule has 0 atom stereocenters. The number of aryl methyl sites for hydroxylation is 1. The van der Waals surface area contributed by atoms with Gasteiger partial charge in [0.25, 0.3) is 0 Å². The summed E-state index contributed by atoms with van der Waals surface area (Å²) in [5.74, 6) is 0.292. The van der Waals surface area contributed by atoms with E-state index in [-0.39, 0.29) is 0 Å². The first-order valence-electron chi connectivity index (χ1n) is 13.0. The van der Waals surface area contributed by atoms with Crippen molar-refractivity contribution in [2.75, 3.05) is 39.3 Å². The van der Waals surface area contributed by atoms with Crippen molar-refractivity contribution in [1.29, 1.82) is 0 Å². The molecule has 2 aromatic carbocycles. The number of nitrogens with zero attached hydrogens (tertiary/aromatic N) is 4. The third-order valence-electron chi connectivity index (χ3n) is 8.02. The standard InChI is InChI=1S/C29H38N4O/c1-4-25(5-2)32-15-17-33(18-16-32)29(34)21-31-14-11-22-19-23(9-10-24(22)20-31)26-7-6-8-28-27(26)12-13-30(28)3/h6-10,12-13,19,25H,4-5,11,14-18,20-21H2,1-3H3. The molecule has 0 aliphatic carbocycles. The van der Waals surface area contributed by atoms with Crippen LogP contribution < -0.4 is 0 Å². The second-order valence-corrected chi connectivity index (χ2v) is 10.00. The van der Waals surface area contributed by atoms with Gasteiger partial charge in [-0.3, -0.25) is 14.6 Å². The van der Waals surface area contributed by atoms with E-state index in [1.54, 1.807) is 0 Å². The van der Waals surface area contributed by atoms with E-state index in [9.17, 15) is 4.79 Å². The van der Waals surface area contributed by atoms with E-state index in [1.165, 1.54) is 46.0 Å². The van der Waals surface area contributed by atoms with E-state index in [1.807, 2.05) is 0 Å². The van der Waals surface area contributed by atoms with Gasteiger partial charge in [0.2, 0.25) is 5.91 Å². The fourth-order valence-electron chi connectivity index (χ4n) is 5.90. The van der Waals surface area contributed by atoms with Gasteiger partial charge in [0.05, 0.1) is 6.54 Å². The van der Waals surface area contributed by atoms with Gasteiger partial charge in [0.1, 0.15) is 0 Å². The Kier molecular flexibility index (Phi) is 6.75. The number of amides is 1. The summed E-state index contributed by atoms with van der Waals surface area (Å²) in [7, 11) is 2.10. The number of carbonyl (C=O) groups is 1. The lowest BCUT2D eigenvalue weighted by Gasteiger charge is -2.39. The van der Waals surface area contributed by atoms with Crippen molar-refractivity contribution < 1.29 is 4.79 Å².